The largest absolute Gasteiger partial charge is 0.369 e. The number of hydrogen-bond acceptors (Lipinski definition) is 5. The number of aryl methyl sites for hydroxylation is 1. The minimum atomic E-state index is -1.21. The summed E-state index contributed by atoms with van der Waals surface area (Å²) in [5, 5.41) is 0. The fraction of sp³-hybridized carbons (Fsp3) is 0.400. The fourth-order valence-corrected chi connectivity index (χ4v) is 1.71. The van der Waals surface area contributed by atoms with Crippen LogP contribution in [0.1, 0.15) is 25.3 Å². The highest BCUT2D eigenvalue weighted by molar-refractivity contribution is 5.86. The first-order valence-corrected chi connectivity index (χ1v) is 7.00. The van der Waals surface area contributed by atoms with Crippen LogP contribution in [-0.4, -0.2) is 23.8 Å². The van der Waals surface area contributed by atoms with Crippen molar-refractivity contribution < 1.29 is 19.2 Å². The van der Waals surface area contributed by atoms with Gasteiger partial charge in [-0.05, 0) is 18.4 Å². The molecule has 0 bridgehead atoms. The molecular formula is C15H21N3O4. The summed E-state index contributed by atoms with van der Waals surface area (Å²) in [4.78, 5) is 38.5. The quantitative estimate of drug-likeness (QED) is 0.613. The van der Waals surface area contributed by atoms with Crippen molar-refractivity contribution in [2.45, 2.75) is 32.2 Å². The maximum atomic E-state index is 11.5. The summed E-state index contributed by atoms with van der Waals surface area (Å²) >= 11 is 0. The molecule has 5 N–H and O–H groups in total. The Balaban J connectivity index is 2.25. The lowest BCUT2D eigenvalue weighted by atomic mass is 10.0. The molecule has 7 heteroatoms. The van der Waals surface area contributed by atoms with E-state index in [4.69, 9.17) is 11.5 Å². The Morgan fingerprint density at radius 3 is 2.45 bits per heavy atom. The second-order valence-electron chi connectivity index (χ2n) is 5.00. The first-order chi connectivity index (χ1) is 10.4. The molecule has 0 aliphatic heterocycles. The number of nitrogens with one attached hydrogen (secondary N) is 1. The number of nitrogens with two attached hydrogens (primary N) is 2. The van der Waals surface area contributed by atoms with Crippen LogP contribution in [0.5, 0.6) is 0 Å². The van der Waals surface area contributed by atoms with Crippen LogP contribution in [0, 0.1) is 5.92 Å². The van der Waals surface area contributed by atoms with E-state index in [1.165, 1.54) is 6.92 Å². The number of hydroxylamine groups is 1. The van der Waals surface area contributed by atoms with Gasteiger partial charge in [0.05, 0.1) is 5.92 Å². The lowest BCUT2D eigenvalue weighted by Crippen LogP contribution is -2.46. The number of hydrogen-bond donors (Lipinski definition) is 3. The first kappa shape index (κ1) is 17.6. The van der Waals surface area contributed by atoms with Crippen LogP contribution >= 0.6 is 0 Å². The molecule has 1 aromatic rings. The monoisotopic (exact) mass is 307 g/mol. The predicted octanol–water partition coefficient (Wildman–Crippen LogP) is 0.0324. The Morgan fingerprint density at radius 1 is 1.23 bits per heavy atom. The molecule has 2 amide bonds. The van der Waals surface area contributed by atoms with Crippen molar-refractivity contribution >= 4 is 17.8 Å². The van der Waals surface area contributed by atoms with Crippen molar-refractivity contribution in [2.75, 3.05) is 0 Å². The van der Waals surface area contributed by atoms with Crippen molar-refractivity contribution in [3.63, 3.8) is 0 Å². The van der Waals surface area contributed by atoms with E-state index in [1.54, 1.807) is 0 Å². The number of carbonyl (C=O) groups excluding carboxylic acids is 3. The average Bonchev–Trinajstić information content (AvgIpc) is 2.52. The second kappa shape index (κ2) is 8.78. The lowest BCUT2D eigenvalue weighted by molar-refractivity contribution is -0.161. The van der Waals surface area contributed by atoms with E-state index < -0.39 is 29.7 Å². The highest BCUT2D eigenvalue weighted by Crippen LogP contribution is 2.05. The molecule has 0 aliphatic rings. The smallest absolute Gasteiger partial charge is 0.349 e. The maximum absolute atomic E-state index is 11.5. The van der Waals surface area contributed by atoms with E-state index in [2.05, 4.69) is 4.84 Å². The Labute approximate surface area is 128 Å². The molecule has 0 saturated heterocycles. The van der Waals surface area contributed by atoms with Gasteiger partial charge in [0, 0.05) is 6.42 Å². The Morgan fingerprint density at radius 2 is 1.86 bits per heavy atom. The number of carbonyl (C=O) groups is 3. The van der Waals surface area contributed by atoms with Gasteiger partial charge in [-0.2, -0.15) is 5.48 Å². The van der Waals surface area contributed by atoms with E-state index >= 15 is 0 Å². The third-order valence-corrected chi connectivity index (χ3v) is 3.24. The van der Waals surface area contributed by atoms with Crippen LogP contribution < -0.4 is 16.9 Å². The van der Waals surface area contributed by atoms with Gasteiger partial charge in [-0.15, -0.1) is 0 Å². The molecule has 0 saturated carbocycles. The standard InChI is InChI=1S/C15H21N3O4/c1-10(14(17)20)13(16)15(21)22-18-12(19)9-5-8-11-6-3-2-4-7-11/h2-4,6-7,10,13H,5,8-9,16H2,1H3,(H2,17,20)(H,18,19)/t10-,13-/m1/s1. The molecule has 120 valence electrons. The third-order valence-electron chi connectivity index (χ3n) is 3.24. The van der Waals surface area contributed by atoms with Crippen LogP contribution in [0.15, 0.2) is 30.3 Å². The van der Waals surface area contributed by atoms with E-state index in [1.807, 2.05) is 35.8 Å². The zero-order valence-electron chi connectivity index (χ0n) is 12.5. The fourth-order valence-electron chi connectivity index (χ4n) is 1.71. The average molecular weight is 307 g/mol. The molecule has 22 heavy (non-hydrogen) atoms. The Bertz CT molecular complexity index is 519. The maximum Gasteiger partial charge on any atom is 0.349 e. The van der Waals surface area contributed by atoms with E-state index in [9.17, 15) is 14.4 Å². The van der Waals surface area contributed by atoms with Gasteiger partial charge in [0.2, 0.25) is 5.91 Å². The predicted molar refractivity (Wildman–Crippen MR) is 79.9 cm³/mol. The molecule has 7 nitrogen and oxygen atoms in total. The minimum absolute atomic E-state index is 0.211. The van der Waals surface area contributed by atoms with Gasteiger partial charge in [0.25, 0.3) is 5.91 Å². The van der Waals surface area contributed by atoms with Crippen LogP contribution in [-0.2, 0) is 25.6 Å². The normalized spacial score (nSPS) is 13.0. The van der Waals surface area contributed by atoms with Crippen LogP contribution in [0.3, 0.4) is 0 Å². The van der Waals surface area contributed by atoms with Crippen molar-refractivity contribution in [1.82, 2.24) is 5.48 Å². The van der Waals surface area contributed by atoms with Gasteiger partial charge < -0.3 is 16.3 Å². The summed E-state index contributed by atoms with van der Waals surface area (Å²) in [6.07, 6.45) is 1.58. The number of rotatable bonds is 7. The van der Waals surface area contributed by atoms with Gasteiger partial charge in [0.15, 0.2) is 0 Å². The highest BCUT2D eigenvalue weighted by Gasteiger charge is 2.27. The van der Waals surface area contributed by atoms with Crippen molar-refractivity contribution in [3.8, 4) is 0 Å². The van der Waals surface area contributed by atoms with E-state index in [-0.39, 0.29) is 6.42 Å². The topological polar surface area (TPSA) is 125 Å². The molecule has 0 aliphatic carbocycles. The first-order valence-electron chi connectivity index (χ1n) is 7.00. The van der Waals surface area contributed by atoms with E-state index in [0.717, 1.165) is 12.0 Å². The molecule has 0 heterocycles. The van der Waals surface area contributed by atoms with Gasteiger partial charge in [-0.1, -0.05) is 37.3 Å². The van der Waals surface area contributed by atoms with Crippen molar-refractivity contribution in [1.29, 1.82) is 0 Å². The lowest BCUT2D eigenvalue weighted by Gasteiger charge is -2.15. The molecule has 0 radical (unpaired) electrons. The van der Waals surface area contributed by atoms with Crippen molar-refractivity contribution in [3.05, 3.63) is 35.9 Å². The van der Waals surface area contributed by atoms with Crippen LogP contribution in [0.2, 0.25) is 0 Å². The van der Waals surface area contributed by atoms with Crippen LogP contribution in [0.4, 0.5) is 0 Å². The number of benzene rings is 1. The summed E-state index contributed by atoms with van der Waals surface area (Å²) in [5.41, 5.74) is 13.7. The molecule has 1 rings (SSSR count). The van der Waals surface area contributed by atoms with Gasteiger partial charge in [-0.3, -0.25) is 9.59 Å². The summed E-state index contributed by atoms with van der Waals surface area (Å²) < 4.78 is 0. The number of amides is 2. The summed E-state index contributed by atoms with van der Waals surface area (Å²) in [6.45, 7) is 1.41. The molecule has 1 aromatic carbocycles. The second-order valence-corrected chi connectivity index (χ2v) is 5.00. The summed E-state index contributed by atoms with van der Waals surface area (Å²) in [7, 11) is 0. The molecule has 0 spiro atoms. The van der Waals surface area contributed by atoms with Gasteiger partial charge in [-0.25, -0.2) is 4.79 Å². The van der Waals surface area contributed by atoms with Gasteiger partial charge in [0.1, 0.15) is 6.04 Å². The zero-order chi connectivity index (χ0) is 16.5. The molecular weight excluding hydrogens is 286 g/mol. The zero-order valence-corrected chi connectivity index (χ0v) is 12.5. The van der Waals surface area contributed by atoms with E-state index in [0.29, 0.717) is 6.42 Å². The molecule has 0 unspecified atom stereocenters. The molecule has 2 atom stereocenters. The third kappa shape index (κ3) is 5.92. The van der Waals surface area contributed by atoms with Crippen molar-refractivity contribution in [2.24, 2.45) is 17.4 Å². The summed E-state index contributed by atoms with van der Waals surface area (Å²) in [5.74, 6) is -2.91. The minimum Gasteiger partial charge on any atom is -0.369 e. The Kier molecular flexibility index (Phi) is 7.04. The highest BCUT2D eigenvalue weighted by atomic mass is 16.7. The SMILES string of the molecule is C[C@@H](C(N)=O)[C@@H](N)C(=O)ONC(=O)CCCc1ccccc1. The number of primary amides is 1. The Hall–Kier alpha value is -2.41. The molecule has 0 fully saturated rings. The molecule has 0 aromatic heterocycles. The van der Waals surface area contributed by atoms with Crippen LogP contribution in [0.25, 0.3) is 0 Å². The summed E-state index contributed by atoms with van der Waals surface area (Å²) in [6, 6.07) is 8.52. The van der Waals surface area contributed by atoms with Gasteiger partial charge >= 0.3 is 5.97 Å².